The monoisotopic (exact) mass is 285 g/mol. The SMILES string of the molecule is CC(=O)N1CCCN(C(=O)c2cccc(CC#N)c2)CC1. The van der Waals surface area contributed by atoms with E-state index in [2.05, 4.69) is 6.07 Å². The van der Waals surface area contributed by atoms with Gasteiger partial charge in [-0.05, 0) is 24.1 Å². The summed E-state index contributed by atoms with van der Waals surface area (Å²) >= 11 is 0. The lowest BCUT2D eigenvalue weighted by atomic mass is 10.1. The molecule has 0 unspecified atom stereocenters. The van der Waals surface area contributed by atoms with Gasteiger partial charge in [-0.2, -0.15) is 5.26 Å². The normalized spacial score (nSPS) is 15.2. The molecule has 2 rings (SSSR count). The third-order valence-corrected chi connectivity index (χ3v) is 3.69. The first-order valence-electron chi connectivity index (χ1n) is 7.12. The van der Waals surface area contributed by atoms with E-state index in [1.807, 2.05) is 6.07 Å². The van der Waals surface area contributed by atoms with Gasteiger partial charge in [0.25, 0.3) is 5.91 Å². The lowest BCUT2D eigenvalue weighted by Crippen LogP contribution is -2.36. The molecule has 21 heavy (non-hydrogen) atoms. The average Bonchev–Trinajstić information content (AvgIpc) is 2.73. The molecular formula is C16H19N3O2. The Bertz CT molecular complexity index is 577. The second-order valence-electron chi connectivity index (χ2n) is 5.19. The Morgan fingerprint density at radius 3 is 2.62 bits per heavy atom. The summed E-state index contributed by atoms with van der Waals surface area (Å²) in [5, 5.41) is 8.73. The standard InChI is InChI=1S/C16H19N3O2/c1-13(20)18-8-3-9-19(11-10-18)16(21)15-5-2-4-14(12-15)6-7-17/h2,4-5,12H,3,6,8-11H2,1H3. The van der Waals surface area contributed by atoms with Crippen LogP contribution in [0.2, 0.25) is 0 Å². The van der Waals surface area contributed by atoms with Crippen LogP contribution in [-0.4, -0.2) is 47.8 Å². The van der Waals surface area contributed by atoms with Crippen molar-refractivity contribution >= 4 is 11.8 Å². The van der Waals surface area contributed by atoms with Crippen molar-refractivity contribution in [1.82, 2.24) is 9.80 Å². The van der Waals surface area contributed by atoms with E-state index < -0.39 is 0 Å². The van der Waals surface area contributed by atoms with Gasteiger partial charge in [-0.1, -0.05) is 12.1 Å². The average molecular weight is 285 g/mol. The Kier molecular flexibility index (Phi) is 4.94. The molecule has 0 aromatic heterocycles. The van der Waals surface area contributed by atoms with Crippen LogP contribution in [0.1, 0.15) is 29.3 Å². The van der Waals surface area contributed by atoms with Crippen molar-refractivity contribution in [2.45, 2.75) is 19.8 Å². The molecule has 0 atom stereocenters. The van der Waals surface area contributed by atoms with Crippen LogP contribution >= 0.6 is 0 Å². The van der Waals surface area contributed by atoms with E-state index in [0.29, 0.717) is 38.2 Å². The molecule has 0 aliphatic carbocycles. The maximum Gasteiger partial charge on any atom is 0.253 e. The highest BCUT2D eigenvalue weighted by atomic mass is 16.2. The molecule has 0 bridgehead atoms. The van der Waals surface area contributed by atoms with Crippen molar-refractivity contribution in [3.05, 3.63) is 35.4 Å². The molecule has 0 N–H and O–H groups in total. The van der Waals surface area contributed by atoms with E-state index in [1.54, 1.807) is 34.9 Å². The summed E-state index contributed by atoms with van der Waals surface area (Å²) in [5.74, 6) is 0.0282. The topological polar surface area (TPSA) is 64.4 Å². The van der Waals surface area contributed by atoms with Crippen LogP contribution in [0.5, 0.6) is 0 Å². The number of rotatable bonds is 2. The number of carbonyl (C=O) groups is 2. The van der Waals surface area contributed by atoms with Gasteiger partial charge in [-0.3, -0.25) is 9.59 Å². The number of nitriles is 1. The van der Waals surface area contributed by atoms with Crippen molar-refractivity contribution in [2.75, 3.05) is 26.2 Å². The zero-order valence-corrected chi connectivity index (χ0v) is 12.2. The Morgan fingerprint density at radius 2 is 1.90 bits per heavy atom. The van der Waals surface area contributed by atoms with E-state index in [-0.39, 0.29) is 11.8 Å². The quantitative estimate of drug-likeness (QED) is 0.826. The first-order valence-corrected chi connectivity index (χ1v) is 7.12. The Hall–Kier alpha value is -2.35. The number of hydrogen-bond acceptors (Lipinski definition) is 3. The zero-order valence-electron chi connectivity index (χ0n) is 12.2. The molecule has 1 heterocycles. The molecule has 1 aromatic rings. The molecule has 1 aliphatic rings. The minimum Gasteiger partial charge on any atom is -0.341 e. The fourth-order valence-corrected chi connectivity index (χ4v) is 2.52. The third-order valence-electron chi connectivity index (χ3n) is 3.69. The van der Waals surface area contributed by atoms with Gasteiger partial charge in [-0.15, -0.1) is 0 Å². The van der Waals surface area contributed by atoms with Crippen LogP contribution in [0.3, 0.4) is 0 Å². The Labute approximate surface area is 124 Å². The molecule has 1 aromatic carbocycles. The van der Waals surface area contributed by atoms with E-state index >= 15 is 0 Å². The lowest BCUT2D eigenvalue weighted by molar-refractivity contribution is -0.128. The van der Waals surface area contributed by atoms with Crippen LogP contribution in [0, 0.1) is 11.3 Å². The van der Waals surface area contributed by atoms with E-state index in [9.17, 15) is 9.59 Å². The lowest BCUT2D eigenvalue weighted by Gasteiger charge is -2.21. The van der Waals surface area contributed by atoms with Crippen molar-refractivity contribution in [3.8, 4) is 6.07 Å². The number of amides is 2. The molecule has 1 aliphatic heterocycles. The highest BCUT2D eigenvalue weighted by Gasteiger charge is 2.21. The number of carbonyl (C=O) groups excluding carboxylic acids is 2. The summed E-state index contributed by atoms with van der Waals surface area (Å²) in [4.78, 5) is 27.5. The highest BCUT2D eigenvalue weighted by molar-refractivity contribution is 5.94. The fourth-order valence-electron chi connectivity index (χ4n) is 2.52. The van der Waals surface area contributed by atoms with E-state index in [0.717, 1.165) is 12.0 Å². The summed E-state index contributed by atoms with van der Waals surface area (Å²) in [6, 6.07) is 9.29. The molecule has 0 spiro atoms. The molecule has 5 heteroatoms. The minimum absolute atomic E-state index is 0.0276. The van der Waals surface area contributed by atoms with Crippen LogP contribution in [0.25, 0.3) is 0 Å². The minimum atomic E-state index is -0.0276. The molecule has 110 valence electrons. The summed E-state index contributed by atoms with van der Waals surface area (Å²) in [6.07, 6.45) is 1.10. The zero-order chi connectivity index (χ0) is 15.2. The van der Waals surface area contributed by atoms with Crippen LogP contribution in [0.15, 0.2) is 24.3 Å². The predicted molar refractivity (Wildman–Crippen MR) is 78.5 cm³/mol. The molecule has 0 saturated carbocycles. The van der Waals surface area contributed by atoms with E-state index in [1.165, 1.54) is 0 Å². The molecule has 1 fully saturated rings. The summed E-state index contributed by atoms with van der Waals surface area (Å²) < 4.78 is 0. The van der Waals surface area contributed by atoms with Crippen molar-refractivity contribution in [3.63, 3.8) is 0 Å². The summed E-state index contributed by atoms with van der Waals surface area (Å²) in [6.45, 7) is 4.06. The van der Waals surface area contributed by atoms with Gasteiger partial charge in [0.15, 0.2) is 0 Å². The second-order valence-corrected chi connectivity index (χ2v) is 5.19. The van der Waals surface area contributed by atoms with Crippen molar-refractivity contribution < 1.29 is 9.59 Å². The fraction of sp³-hybridized carbons (Fsp3) is 0.438. The van der Waals surface area contributed by atoms with Gasteiger partial charge in [0.05, 0.1) is 12.5 Å². The van der Waals surface area contributed by atoms with Gasteiger partial charge in [0.2, 0.25) is 5.91 Å². The maximum atomic E-state index is 12.5. The largest absolute Gasteiger partial charge is 0.341 e. The van der Waals surface area contributed by atoms with Crippen molar-refractivity contribution in [1.29, 1.82) is 5.26 Å². The van der Waals surface area contributed by atoms with Crippen molar-refractivity contribution in [2.24, 2.45) is 0 Å². The second kappa shape index (κ2) is 6.89. The number of hydrogen-bond donors (Lipinski definition) is 0. The molecule has 2 amide bonds. The van der Waals surface area contributed by atoms with Crippen LogP contribution in [-0.2, 0) is 11.2 Å². The third kappa shape index (κ3) is 3.82. The summed E-state index contributed by atoms with van der Waals surface area (Å²) in [5.41, 5.74) is 1.46. The van der Waals surface area contributed by atoms with Gasteiger partial charge >= 0.3 is 0 Å². The predicted octanol–water partition coefficient (Wildman–Crippen LogP) is 1.45. The Morgan fingerprint density at radius 1 is 1.19 bits per heavy atom. The molecule has 5 nitrogen and oxygen atoms in total. The van der Waals surface area contributed by atoms with Gasteiger partial charge in [0.1, 0.15) is 0 Å². The molecular weight excluding hydrogens is 266 g/mol. The van der Waals surface area contributed by atoms with Gasteiger partial charge < -0.3 is 9.80 Å². The van der Waals surface area contributed by atoms with Crippen LogP contribution in [0.4, 0.5) is 0 Å². The Balaban J connectivity index is 2.08. The summed E-state index contributed by atoms with van der Waals surface area (Å²) in [7, 11) is 0. The number of nitrogens with zero attached hydrogens (tertiary/aromatic N) is 3. The van der Waals surface area contributed by atoms with E-state index in [4.69, 9.17) is 5.26 Å². The highest BCUT2D eigenvalue weighted by Crippen LogP contribution is 2.12. The van der Waals surface area contributed by atoms with Crippen LogP contribution < -0.4 is 0 Å². The number of benzene rings is 1. The first kappa shape index (κ1) is 15.0. The first-order chi connectivity index (χ1) is 10.1. The smallest absolute Gasteiger partial charge is 0.253 e. The molecule has 1 saturated heterocycles. The maximum absolute atomic E-state index is 12.5. The molecule has 0 radical (unpaired) electrons. The van der Waals surface area contributed by atoms with Gasteiger partial charge in [-0.25, -0.2) is 0 Å². The van der Waals surface area contributed by atoms with Gasteiger partial charge in [0, 0.05) is 38.7 Å².